The van der Waals surface area contributed by atoms with Gasteiger partial charge in [-0.2, -0.15) is 0 Å². The van der Waals surface area contributed by atoms with Gasteiger partial charge in [0.25, 0.3) is 0 Å². The molecule has 0 radical (unpaired) electrons. The largest absolute Gasteiger partial charge is 0.326 e. The van der Waals surface area contributed by atoms with Crippen LogP contribution in [0.5, 0.6) is 0 Å². The fourth-order valence-electron chi connectivity index (χ4n) is 1.34. The summed E-state index contributed by atoms with van der Waals surface area (Å²) in [4.78, 5) is 1.51. The Morgan fingerprint density at radius 1 is 1.46 bits per heavy atom. The summed E-state index contributed by atoms with van der Waals surface area (Å²) >= 11 is 1.86. The van der Waals surface area contributed by atoms with E-state index < -0.39 is 0 Å². The van der Waals surface area contributed by atoms with Gasteiger partial charge in [0.1, 0.15) is 0 Å². The zero-order chi connectivity index (χ0) is 9.90. The standard InChI is InChI=1S/C11H19NS/c1-4-9-6-8-13-10(9)5-7-11(2,3)12/h6,8H,4-5,7,12H2,1-3H3. The molecule has 0 aliphatic carbocycles. The van der Waals surface area contributed by atoms with Gasteiger partial charge < -0.3 is 5.73 Å². The van der Waals surface area contributed by atoms with Gasteiger partial charge in [-0.1, -0.05) is 6.92 Å². The van der Waals surface area contributed by atoms with E-state index in [0.29, 0.717) is 0 Å². The third kappa shape index (κ3) is 3.49. The molecule has 0 atom stereocenters. The lowest BCUT2D eigenvalue weighted by atomic mass is 9.98. The maximum absolute atomic E-state index is 5.95. The first-order valence-electron chi connectivity index (χ1n) is 4.87. The van der Waals surface area contributed by atoms with Crippen molar-refractivity contribution in [1.29, 1.82) is 0 Å². The van der Waals surface area contributed by atoms with E-state index in [1.807, 2.05) is 11.3 Å². The van der Waals surface area contributed by atoms with Crippen molar-refractivity contribution in [2.45, 2.75) is 45.6 Å². The quantitative estimate of drug-likeness (QED) is 0.789. The predicted octanol–water partition coefficient (Wildman–Crippen LogP) is 2.98. The third-order valence-electron chi connectivity index (χ3n) is 2.21. The average molecular weight is 197 g/mol. The highest BCUT2D eigenvalue weighted by molar-refractivity contribution is 7.10. The topological polar surface area (TPSA) is 26.0 Å². The average Bonchev–Trinajstić information content (AvgIpc) is 2.46. The van der Waals surface area contributed by atoms with Crippen LogP contribution in [0.4, 0.5) is 0 Å². The van der Waals surface area contributed by atoms with Gasteiger partial charge in [0, 0.05) is 10.4 Å². The monoisotopic (exact) mass is 197 g/mol. The molecular formula is C11H19NS. The summed E-state index contributed by atoms with van der Waals surface area (Å²) in [6, 6.07) is 2.23. The van der Waals surface area contributed by atoms with Crippen LogP contribution in [-0.4, -0.2) is 5.54 Å². The van der Waals surface area contributed by atoms with Crippen LogP contribution in [0.25, 0.3) is 0 Å². The van der Waals surface area contributed by atoms with Crippen molar-refractivity contribution in [2.24, 2.45) is 5.73 Å². The minimum atomic E-state index is -0.0327. The number of hydrogen-bond donors (Lipinski definition) is 1. The van der Waals surface area contributed by atoms with Crippen LogP contribution in [0.2, 0.25) is 0 Å². The molecule has 0 spiro atoms. The predicted molar refractivity (Wildman–Crippen MR) is 60.3 cm³/mol. The van der Waals surface area contributed by atoms with Gasteiger partial charge in [-0.15, -0.1) is 11.3 Å². The Morgan fingerprint density at radius 2 is 2.15 bits per heavy atom. The maximum atomic E-state index is 5.95. The van der Waals surface area contributed by atoms with Crippen molar-refractivity contribution < 1.29 is 0 Å². The smallest absolute Gasteiger partial charge is 0.0100 e. The molecule has 0 aliphatic heterocycles. The molecule has 1 nitrogen and oxygen atoms in total. The van der Waals surface area contributed by atoms with Crippen LogP contribution in [-0.2, 0) is 12.8 Å². The number of rotatable bonds is 4. The molecule has 1 rings (SSSR count). The molecule has 2 heteroatoms. The fourth-order valence-corrected chi connectivity index (χ4v) is 2.32. The van der Waals surface area contributed by atoms with Crippen molar-refractivity contribution >= 4 is 11.3 Å². The first-order chi connectivity index (χ1) is 6.03. The van der Waals surface area contributed by atoms with Gasteiger partial charge in [0.2, 0.25) is 0 Å². The highest BCUT2D eigenvalue weighted by Gasteiger charge is 2.12. The second kappa shape index (κ2) is 4.25. The van der Waals surface area contributed by atoms with Gasteiger partial charge in [-0.05, 0) is 50.1 Å². The van der Waals surface area contributed by atoms with Gasteiger partial charge in [-0.25, -0.2) is 0 Å². The summed E-state index contributed by atoms with van der Waals surface area (Å²) in [5.41, 5.74) is 7.41. The van der Waals surface area contributed by atoms with Crippen molar-refractivity contribution in [3.63, 3.8) is 0 Å². The Balaban J connectivity index is 2.54. The van der Waals surface area contributed by atoms with E-state index in [-0.39, 0.29) is 5.54 Å². The zero-order valence-electron chi connectivity index (χ0n) is 8.76. The molecule has 0 aliphatic rings. The summed E-state index contributed by atoms with van der Waals surface area (Å²) in [6.45, 7) is 6.39. The number of hydrogen-bond acceptors (Lipinski definition) is 2. The molecule has 0 saturated carbocycles. The van der Waals surface area contributed by atoms with E-state index >= 15 is 0 Å². The summed E-state index contributed by atoms with van der Waals surface area (Å²) in [5.74, 6) is 0. The maximum Gasteiger partial charge on any atom is 0.0100 e. The van der Waals surface area contributed by atoms with Crippen LogP contribution in [0.3, 0.4) is 0 Å². The molecule has 0 bridgehead atoms. The van der Waals surface area contributed by atoms with Crippen molar-refractivity contribution in [2.75, 3.05) is 0 Å². The second-order valence-corrected chi connectivity index (χ2v) is 5.21. The van der Waals surface area contributed by atoms with E-state index in [0.717, 1.165) is 19.3 Å². The second-order valence-electron chi connectivity index (χ2n) is 4.21. The Morgan fingerprint density at radius 3 is 2.69 bits per heavy atom. The summed E-state index contributed by atoms with van der Waals surface area (Å²) in [7, 11) is 0. The number of nitrogens with two attached hydrogens (primary N) is 1. The Labute approximate surface area is 85.0 Å². The molecule has 0 fully saturated rings. The molecule has 0 aromatic carbocycles. The highest BCUT2D eigenvalue weighted by atomic mass is 32.1. The normalized spacial score (nSPS) is 12.0. The molecule has 0 saturated heterocycles. The van der Waals surface area contributed by atoms with Crippen LogP contribution in [0, 0.1) is 0 Å². The molecule has 1 aromatic rings. The highest BCUT2D eigenvalue weighted by Crippen LogP contribution is 2.21. The summed E-state index contributed by atoms with van der Waals surface area (Å²) in [5, 5.41) is 2.18. The van der Waals surface area contributed by atoms with Gasteiger partial charge in [0.05, 0.1) is 0 Å². The molecule has 2 N–H and O–H groups in total. The minimum Gasteiger partial charge on any atom is -0.326 e. The van der Waals surface area contributed by atoms with Crippen LogP contribution in [0.15, 0.2) is 11.4 Å². The van der Waals surface area contributed by atoms with E-state index in [1.54, 1.807) is 0 Å². The molecule has 0 unspecified atom stereocenters. The summed E-state index contributed by atoms with van der Waals surface area (Å²) < 4.78 is 0. The Kier molecular flexibility index (Phi) is 3.51. The molecule has 74 valence electrons. The van der Waals surface area contributed by atoms with Crippen LogP contribution in [0.1, 0.15) is 37.6 Å². The molecule has 1 aromatic heterocycles. The van der Waals surface area contributed by atoms with E-state index in [9.17, 15) is 0 Å². The van der Waals surface area contributed by atoms with Crippen LogP contribution < -0.4 is 5.73 Å². The SMILES string of the molecule is CCc1ccsc1CCC(C)(C)N. The summed E-state index contributed by atoms with van der Waals surface area (Å²) in [6.07, 6.45) is 3.34. The minimum absolute atomic E-state index is 0.0327. The Hall–Kier alpha value is -0.340. The fraction of sp³-hybridized carbons (Fsp3) is 0.636. The molecule has 0 amide bonds. The number of thiophene rings is 1. The molecular weight excluding hydrogens is 178 g/mol. The lowest BCUT2D eigenvalue weighted by Crippen LogP contribution is -2.32. The van der Waals surface area contributed by atoms with Crippen molar-refractivity contribution in [3.05, 3.63) is 21.9 Å². The van der Waals surface area contributed by atoms with Crippen molar-refractivity contribution in [3.8, 4) is 0 Å². The van der Waals surface area contributed by atoms with Crippen molar-refractivity contribution in [1.82, 2.24) is 0 Å². The van der Waals surface area contributed by atoms with E-state index in [4.69, 9.17) is 5.73 Å². The lowest BCUT2D eigenvalue weighted by molar-refractivity contribution is 0.478. The van der Waals surface area contributed by atoms with Gasteiger partial charge in [-0.3, -0.25) is 0 Å². The van der Waals surface area contributed by atoms with E-state index in [1.165, 1.54) is 10.4 Å². The van der Waals surface area contributed by atoms with Crippen LogP contribution >= 0.6 is 11.3 Å². The number of aryl methyl sites for hydroxylation is 2. The zero-order valence-corrected chi connectivity index (χ0v) is 9.58. The van der Waals surface area contributed by atoms with Gasteiger partial charge in [0.15, 0.2) is 0 Å². The molecule has 1 heterocycles. The van der Waals surface area contributed by atoms with Gasteiger partial charge >= 0.3 is 0 Å². The Bertz CT molecular complexity index is 257. The molecule has 13 heavy (non-hydrogen) atoms. The first-order valence-corrected chi connectivity index (χ1v) is 5.75. The lowest BCUT2D eigenvalue weighted by Gasteiger charge is -2.17. The third-order valence-corrected chi connectivity index (χ3v) is 3.24. The first kappa shape index (κ1) is 10.7. The van der Waals surface area contributed by atoms with E-state index in [2.05, 4.69) is 32.2 Å².